The first-order chi connectivity index (χ1) is 9.04. The summed E-state index contributed by atoms with van der Waals surface area (Å²) < 4.78 is 15.1. The number of carbonyl (C=O) groups is 1. The summed E-state index contributed by atoms with van der Waals surface area (Å²) in [5, 5.41) is 6.93. The number of nitrogens with zero attached hydrogens (tertiary/aromatic N) is 2. The molecule has 0 unspecified atom stereocenters. The van der Waals surface area contributed by atoms with E-state index in [0.717, 1.165) is 5.56 Å². The fourth-order valence-corrected chi connectivity index (χ4v) is 1.78. The molecule has 4 nitrogen and oxygen atoms in total. The van der Waals surface area contributed by atoms with Crippen LogP contribution in [0.4, 0.5) is 10.1 Å². The van der Waals surface area contributed by atoms with Gasteiger partial charge in [0, 0.05) is 24.2 Å². The Morgan fingerprint density at radius 1 is 1.53 bits per heavy atom. The summed E-state index contributed by atoms with van der Waals surface area (Å²) in [6, 6.07) is 4.03. The molecule has 0 fully saturated rings. The SMILES string of the molecule is Cc1cnn(CCC(=O)Nc2cc(Cl)ccc2F)c1. The predicted octanol–water partition coefficient (Wildman–Crippen LogP) is 3.01. The van der Waals surface area contributed by atoms with Gasteiger partial charge in [-0.15, -0.1) is 0 Å². The number of nitrogens with one attached hydrogen (secondary N) is 1. The topological polar surface area (TPSA) is 46.9 Å². The molecule has 0 aliphatic carbocycles. The van der Waals surface area contributed by atoms with Crippen molar-refractivity contribution in [2.24, 2.45) is 0 Å². The van der Waals surface area contributed by atoms with Crippen molar-refractivity contribution in [1.29, 1.82) is 0 Å². The molecule has 0 spiro atoms. The molecule has 1 aromatic heterocycles. The highest BCUT2D eigenvalue weighted by atomic mass is 35.5. The van der Waals surface area contributed by atoms with Crippen molar-refractivity contribution in [1.82, 2.24) is 9.78 Å². The Hall–Kier alpha value is -1.88. The first-order valence-electron chi connectivity index (χ1n) is 5.78. The molecule has 2 aromatic rings. The minimum Gasteiger partial charge on any atom is -0.323 e. The second-order valence-corrected chi connectivity index (χ2v) is 4.64. The van der Waals surface area contributed by atoms with Crippen molar-refractivity contribution in [3.05, 3.63) is 47.0 Å². The number of halogens is 2. The number of rotatable bonds is 4. The smallest absolute Gasteiger partial charge is 0.226 e. The van der Waals surface area contributed by atoms with Gasteiger partial charge in [-0.25, -0.2) is 4.39 Å². The number of hydrogen-bond donors (Lipinski definition) is 1. The number of amides is 1. The molecule has 100 valence electrons. The zero-order valence-electron chi connectivity index (χ0n) is 10.4. The Labute approximate surface area is 115 Å². The maximum absolute atomic E-state index is 13.4. The lowest BCUT2D eigenvalue weighted by Gasteiger charge is -2.07. The lowest BCUT2D eigenvalue weighted by Crippen LogP contribution is -2.15. The highest BCUT2D eigenvalue weighted by Gasteiger charge is 2.08. The van der Waals surface area contributed by atoms with E-state index in [1.54, 1.807) is 10.9 Å². The Kier molecular flexibility index (Phi) is 4.16. The maximum Gasteiger partial charge on any atom is 0.226 e. The van der Waals surface area contributed by atoms with Gasteiger partial charge in [-0.1, -0.05) is 11.6 Å². The third-order valence-electron chi connectivity index (χ3n) is 2.53. The molecule has 1 aromatic carbocycles. The summed E-state index contributed by atoms with van der Waals surface area (Å²) in [4.78, 5) is 11.7. The van der Waals surface area contributed by atoms with Gasteiger partial charge < -0.3 is 5.32 Å². The van der Waals surface area contributed by atoms with Gasteiger partial charge in [-0.2, -0.15) is 5.10 Å². The molecule has 1 heterocycles. The van der Waals surface area contributed by atoms with E-state index in [2.05, 4.69) is 10.4 Å². The van der Waals surface area contributed by atoms with Crippen LogP contribution in [0.3, 0.4) is 0 Å². The van der Waals surface area contributed by atoms with Gasteiger partial charge in [-0.3, -0.25) is 9.48 Å². The molecule has 0 aliphatic rings. The molecule has 0 aliphatic heterocycles. The van der Waals surface area contributed by atoms with Crippen molar-refractivity contribution in [3.8, 4) is 0 Å². The van der Waals surface area contributed by atoms with Crippen molar-refractivity contribution < 1.29 is 9.18 Å². The van der Waals surface area contributed by atoms with E-state index in [-0.39, 0.29) is 18.0 Å². The summed E-state index contributed by atoms with van der Waals surface area (Å²) in [7, 11) is 0. The second-order valence-electron chi connectivity index (χ2n) is 4.20. The minimum absolute atomic E-state index is 0.0918. The van der Waals surface area contributed by atoms with E-state index >= 15 is 0 Å². The van der Waals surface area contributed by atoms with Gasteiger partial charge >= 0.3 is 0 Å². The molecule has 0 saturated carbocycles. The van der Waals surface area contributed by atoms with Crippen LogP contribution in [-0.4, -0.2) is 15.7 Å². The number of hydrogen-bond acceptors (Lipinski definition) is 2. The van der Waals surface area contributed by atoms with Crippen LogP contribution in [0.5, 0.6) is 0 Å². The van der Waals surface area contributed by atoms with Crippen LogP contribution in [-0.2, 0) is 11.3 Å². The van der Waals surface area contributed by atoms with Crippen LogP contribution in [0.15, 0.2) is 30.6 Å². The van der Waals surface area contributed by atoms with E-state index < -0.39 is 5.82 Å². The standard InChI is InChI=1S/C13H13ClFN3O/c1-9-7-16-18(8-9)5-4-13(19)17-12-6-10(14)2-3-11(12)15/h2-3,6-8H,4-5H2,1H3,(H,17,19). The molecule has 19 heavy (non-hydrogen) atoms. The molecule has 2 rings (SSSR count). The summed E-state index contributed by atoms with van der Waals surface area (Å²) in [5.74, 6) is -0.790. The molecular formula is C13H13ClFN3O. The lowest BCUT2D eigenvalue weighted by molar-refractivity contribution is -0.116. The van der Waals surface area contributed by atoms with Gasteiger partial charge in [0.25, 0.3) is 0 Å². The molecule has 0 saturated heterocycles. The fraction of sp³-hybridized carbons (Fsp3) is 0.231. The van der Waals surface area contributed by atoms with Gasteiger partial charge in [0.05, 0.1) is 11.9 Å². The zero-order chi connectivity index (χ0) is 13.8. The van der Waals surface area contributed by atoms with Crippen LogP contribution >= 0.6 is 11.6 Å². The van der Waals surface area contributed by atoms with Crippen LogP contribution < -0.4 is 5.32 Å². The average Bonchev–Trinajstić information content (AvgIpc) is 2.77. The molecule has 6 heteroatoms. The third-order valence-corrected chi connectivity index (χ3v) is 2.77. The number of aryl methyl sites for hydroxylation is 2. The van der Waals surface area contributed by atoms with E-state index in [4.69, 9.17) is 11.6 Å². The summed E-state index contributed by atoms with van der Waals surface area (Å²) in [6.45, 7) is 2.37. The van der Waals surface area contributed by atoms with Crippen LogP contribution in [0.1, 0.15) is 12.0 Å². The molecule has 1 amide bonds. The van der Waals surface area contributed by atoms with Gasteiger partial charge in [0.2, 0.25) is 5.91 Å². The van der Waals surface area contributed by atoms with Crippen LogP contribution in [0.2, 0.25) is 5.02 Å². The minimum atomic E-state index is -0.507. The second kappa shape index (κ2) is 5.84. The molecular weight excluding hydrogens is 269 g/mol. The van der Waals surface area contributed by atoms with Crippen LogP contribution in [0, 0.1) is 12.7 Å². The van der Waals surface area contributed by atoms with Crippen molar-refractivity contribution >= 4 is 23.2 Å². The number of anilines is 1. The summed E-state index contributed by atoms with van der Waals surface area (Å²) >= 11 is 5.74. The van der Waals surface area contributed by atoms with Crippen molar-refractivity contribution in [3.63, 3.8) is 0 Å². The fourth-order valence-electron chi connectivity index (χ4n) is 1.61. The Morgan fingerprint density at radius 3 is 3.00 bits per heavy atom. The Balaban J connectivity index is 1.92. The highest BCUT2D eigenvalue weighted by molar-refractivity contribution is 6.30. The van der Waals surface area contributed by atoms with E-state index in [1.165, 1.54) is 18.2 Å². The van der Waals surface area contributed by atoms with Crippen molar-refractivity contribution in [2.45, 2.75) is 19.9 Å². The van der Waals surface area contributed by atoms with Gasteiger partial charge in [-0.05, 0) is 30.7 Å². The highest BCUT2D eigenvalue weighted by Crippen LogP contribution is 2.19. The third kappa shape index (κ3) is 3.79. The zero-order valence-corrected chi connectivity index (χ0v) is 11.1. The maximum atomic E-state index is 13.4. The predicted molar refractivity (Wildman–Crippen MR) is 71.6 cm³/mol. The molecule has 0 radical (unpaired) electrons. The van der Waals surface area contributed by atoms with Gasteiger partial charge in [0.1, 0.15) is 5.82 Å². The van der Waals surface area contributed by atoms with E-state index in [9.17, 15) is 9.18 Å². The average molecular weight is 282 g/mol. The molecule has 0 bridgehead atoms. The largest absolute Gasteiger partial charge is 0.323 e. The first-order valence-corrected chi connectivity index (χ1v) is 6.16. The number of benzene rings is 1. The van der Waals surface area contributed by atoms with Crippen molar-refractivity contribution in [2.75, 3.05) is 5.32 Å². The molecule has 1 N–H and O–H groups in total. The van der Waals surface area contributed by atoms with E-state index in [1.807, 2.05) is 13.1 Å². The van der Waals surface area contributed by atoms with Crippen LogP contribution in [0.25, 0.3) is 0 Å². The molecule has 0 atom stereocenters. The first kappa shape index (κ1) is 13.5. The number of carbonyl (C=O) groups excluding carboxylic acids is 1. The Bertz CT molecular complexity index is 597. The van der Waals surface area contributed by atoms with E-state index in [0.29, 0.717) is 11.6 Å². The summed E-state index contributed by atoms with van der Waals surface area (Å²) in [5.41, 5.74) is 1.12. The Morgan fingerprint density at radius 2 is 2.32 bits per heavy atom. The number of aromatic nitrogens is 2. The quantitative estimate of drug-likeness (QED) is 0.936. The summed E-state index contributed by atoms with van der Waals surface area (Å²) in [6.07, 6.45) is 3.77. The monoisotopic (exact) mass is 281 g/mol. The normalized spacial score (nSPS) is 10.5. The lowest BCUT2D eigenvalue weighted by atomic mass is 10.3. The van der Waals surface area contributed by atoms with Gasteiger partial charge in [0.15, 0.2) is 0 Å².